The number of benzene rings is 4. The van der Waals surface area contributed by atoms with Gasteiger partial charge in [-0.1, -0.05) is 48.5 Å². The molecule has 0 unspecified atom stereocenters. The first-order chi connectivity index (χ1) is 16.8. The van der Waals surface area contributed by atoms with Crippen molar-refractivity contribution in [2.75, 3.05) is 23.7 Å². The van der Waals surface area contributed by atoms with Crippen LogP contribution in [-0.4, -0.2) is 33.7 Å². The number of carbonyl (C=O) groups is 1. The molecular formula is C27H25FN2O4S. The Morgan fingerprint density at radius 2 is 1.60 bits per heavy atom. The molecule has 0 fully saturated rings. The predicted octanol–water partition coefficient (Wildman–Crippen LogP) is 4.75. The molecule has 0 radical (unpaired) electrons. The molecule has 0 saturated carbocycles. The Morgan fingerprint density at radius 3 is 2.31 bits per heavy atom. The van der Waals surface area contributed by atoms with E-state index >= 15 is 0 Å². The smallest absolute Gasteiger partial charge is 0.251 e. The minimum Gasteiger partial charge on any atom is -0.491 e. The van der Waals surface area contributed by atoms with E-state index in [-0.39, 0.29) is 12.5 Å². The van der Waals surface area contributed by atoms with E-state index in [0.717, 1.165) is 22.8 Å². The zero-order valence-corrected chi connectivity index (χ0v) is 20.0. The molecule has 0 heterocycles. The van der Waals surface area contributed by atoms with E-state index in [0.29, 0.717) is 30.0 Å². The number of hydrogen-bond acceptors (Lipinski definition) is 4. The Morgan fingerprint density at radius 1 is 0.914 bits per heavy atom. The number of amides is 1. The fraction of sp³-hybridized carbons (Fsp3) is 0.148. The van der Waals surface area contributed by atoms with E-state index in [9.17, 15) is 17.6 Å². The van der Waals surface area contributed by atoms with Gasteiger partial charge in [0.25, 0.3) is 5.91 Å². The summed E-state index contributed by atoms with van der Waals surface area (Å²) in [6, 6.07) is 25.7. The summed E-state index contributed by atoms with van der Waals surface area (Å²) in [5, 5.41) is 4.90. The molecule has 0 aliphatic heterocycles. The van der Waals surface area contributed by atoms with Gasteiger partial charge in [0.05, 0.1) is 25.0 Å². The summed E-state index contributed by atoms with van der Waals surface area (Å²) in [7, 11) is -3.60. The van der Waals surface area contributed by atoms with Gasteiger partial charge in [0.2, 0.25) is 10.0 Å². The lowest BCUT2D eigenvalue weighted by Gasteiger charge is -2.22. The van der Waals surface area contributed by atoms with Crippen LogP contribution in [-0.2, 0) is 16.6 Å². The van der Waals surface area contributed by atoms with Gasteiger partial charge in [-0.05, 0) is 53.4 Å². The van der Waals surface area contributed by atoms with Gasteiger partial charge < -0.3 is 10.1 Å². The molecule has 0 bridgehead atoms. The van der Waals surface area contributed by atoms with Gasteiger partial charge in [-0.15, -0.1) is 0 Å². The Hall–Kier alpha value is -3.91. The zero-order chi connectivity index (χ0) is 24.8. The molecule has 35 heavy (non-hydrogen) atoms. The summed E-state index contributed by atoms with van der Waals surface area (Å²) in [6.45, 7) is 0.664. The number of halogens is 1. The summed E-state index contributed by atoms with van der Waals surface area (Å²) in [5.74, 6) is 0.0729. The number of hydrogen-bond donors (Lipinski definition) is 1. The van der Waals surface area contributed by atoms with Crippen molar-refractivity contribution in [2.24, 2.45) is 0 Å². The molecule has 0 aromatic heterocycles. The van der Waals surface area contributed by atoms with Crippen LogP contribution >= 0.6 is 0 Å². The van der Waals surface area contributed by atoms with Crippen LogP contribution in [0.1, 0.15) is 15.9 Å². The molecule has 0 aliphatic rings. The van der Waals surface area contributed by atoms with Crippen molar-refractivity contribution < 1.29 is 22.3 Å². The lowest BCUT2D eigenvalue weighted by Crippen LogP contribution is -2.30. The molecule has 0 aliphatic carbocycles. The lowest BCUT2D eigenvalue weighted by atomic mass is 10.1. The molecule has 0 saturated heterocycles. The Labute approximate surface area is 204 Å². The summed E-state index contributed by atoms with van der Waals surface area (Å²) >= 11 is 0. The van der Waals surface area contributed by atoms with Gasteiger partial charge >= 0.3 is 0 Å². The zero-order valence-electron chi connectivity index (χ0n) is 19.1. The molecule has 4 aromatic carbocycles. The summed E-state index contributed by atoms with van der Waals surface area (Å²) < 4.78 is 44.9. The van der Waals surface area contributed by atoms with Gasteiger partial charge in [-0.2, -0.15) is 0 Å². The molecule has 0 spiro atoms. The van der Waals surface area contributed by atoms with Crippen molar-refractivity contribution in [3.63, 3.8) is 0 Å². The average Bonchev–Trinajstić information content (AvgIpc) is 2.85. The number of carbonyl (C=O) groups excluding carboxylic acids is 1. The normalized spacial score (nSPS) is 11.3. The van der Waals surface area contributed by atoms with Crippen molar-refractivity contribution in [3.8, 4) is 5.75 Å². The van der Waals surface area contributed by atoms with Crippen LogP contribution in [0.2, 0.25) is 0 Å². The van der Waals surface area contributed by atoms with E-state index in [1.165, 1.54) is 28.6 Å². The summed E-state index contributed by atoms with van der Waals surface area (Å²) in [4.78, 5) is 12.5. The fourth-order valence-electron chi connectivity index (χ4n) is 3.68. The van der Waals surface area contributed by atoms with Crippen LogP contribution in [0.5, 0.6) is 5.75 Å². The van der Waals surface area contributed by atoms with Gasteiger partial charge in [0.1, 0.15) is 18.2 Å². The van der Waals surface area contributed by atoms with Gasteiger partial charge in [-0.25, -0.2) is 12.8 Å². The van der Waals surface area contributed by atoms with Gasteiger partial charge in [0, 0.05) is 10.9 Å². The number of ether oxygens (including phenoxy) is 1. The van der Waals surface area contributed by atoms with Crippen molar-refractivity contribution in [1.29, 1.82) is 0 Å². The molecule has 4 aromatic rings. The highest BCUT2D eigenvalue weighted by atomic mass is 32.2. The van der Waals surface area contributed by atoms with Crippen LogP contribution in [0, 0.1) is 5.82 Å². The van der Waals surface area contributed by atoms with Crippen LogP contribution < -0.4 is 14.4 Å². The number of rotatable bonds is 9. The van der Waals surface area contributed by atoms with Crippen molar-refractivity contribution in [3.05, 3.63) is 108 Å². The largest absolute Gasteiger partial charge is 0.491 e. The first-order valence-corrected chi connectivity index (χ1v) is 12.9. The highest BCUT2D eigenvalue weighted by molar-refractivity contribution is 7.92. The summed E-state index contributed by atoms with van der Waals surface area (Å²) in [5.41, 5.74) is 1.45. The quantitative estimate of drug-likeness (QED) is 0.342. The predicted molar refractivity (Wildman–Crippen MR) is 136 cm³/mol. The van der Waals surface area contributed by atoms with Crippen LogP contribution in [0.15, 0.2) is 91.0 Å². The molecule has 0 atom stereocenters. The second kappa shape index (κ2) is 10.6. The van der Waals surface area contributed by atoms with E-state index in [1.807, 2.05) is 42.5 Å². The maximum absolute atomic E-state index is 13.2. The standard InChI is InChI=1S/C27H25FN2O4S/c1-35(32,33)30(19-20-9-13-23(28)14-10-20)24-15-11-22(12-16-24)27(31)29-17-18-34-26-8-4-6-21-5-2-3-7-25(21)26/h2-16H,17-19H2,1H3,(H,29,31). The maximum Gasteiger partial charge on any atom is 0.251 e. The number of nitrogens with zero attached hydrogens (tertiary/aromatic N) is 1. The number of anilines is 1. The van der Waals surface area contributed by atoms with Crippen molar-refractivity contribution in [2.45, 2.75) is 6.54 Å². The molecule has 1 N–H and O–H groups in total. The topological polar surface area (TPSA) is 75.7 Å². The third-order valence-corrected chi connectivity index (χ3v) is 6.59. The van der Waals surface area contributed by atoms with E-state index in [2.05, 4.69) is 5.32 Å². The molecule has 180 valence electrons. The maximum atomic E-state index is 13.2. The number of sulfonamides is 1. The van der Waals surface area contributed by atoms with Crippen molar-refractivity contribution in [1.82, 2.24) is 5.32 Å². The van der Waals surface area contributed by atoms with Crippen molar-refractivity contribution >= 4 is 32.4 Å². The minimum atomic E-state index is -3.60. The molecular weight excluding hydrogens is 467 g/mol. The summed E-state index contributed by atoms with van der Waals surface area (Å²) in [6.07, 6.45) is 1.10. The molecule has 4 rings (SSSR count). The Balaban J connectivity index is 1.36. The van der Waals surface area contributed by atoms with E-state index in [4.69, 9.17) is 4.74 Å². The molecule has 8 heteroatoms. The first kappa shape index (κ1) is 24.2. The highest BCUT2D eigenvalue weighted by Gasteiger charge is 2.18. The Bertz CT molecular complexity index is 1420. The van der Waals surface area contributed by atoms with E-state index < -0.39 is 15.8 Å². The number of fused-ring (bicyclic) bond motifs is 1. The van der Waals surface area contributed by atoms with Crippen LogP contribution in [0.3, 0.4) is 0 Å². The average molecular weight is 493 g/mol. The van der Waals surface area contributed by atoms with Crippen LogP contribution in [0.4, 0.5) is 10.1 Å². The monoisotopic (exact) mass is 492 g/mol. The third-order valence-electron chi connectivity index (χ3n) is 5.45. The molecule has 6 nitrogen and oxygen atoms in total. The second-order valence-electron chi connectivity index (χ2n) is 8.02. The lowest BCUT2D eigenvalue weighted by molar-refractivity contribution is 0.0947. The van der Waals surface area contributed by atoms with Gasteiger partial charge in [-0.3, -0.25) is 9.10 Å². The fourth-order valence-corrected chi connectivity index (χ4v) is 4.57. The Kier molecular flexibility index (Phi) is 7.31. The SMILES string of the molecule is CS(=O)(=O)N(Cc1ccc(F)cc1)c1ccc(C(=O)NCCOc2cccc3ccccc23)cc1. The minimum absolute atomic E-state index is 0.0517. The third kappa shape index (κ3) is 6.16. The van der Waals surface area contributed by atoms with E-state index in [1.54, 1.807) is 24.3 Å². The first-order valence-electron chi connectivity index (χ1n) is 11.0. The second-order valence-corrected chi connectivity index (χ2v) is 9.93. The van der Waals surface area contributed by atoms with Crippen LogP contribution in [0.25, 0.3) is 10.8 Å². The molecule has 1 amide bonds. The number of nitrogens with one attached hydrogen (secondary N) is 1. The van der Waals surface area contributed by atoms with Gasteiger partial charge in [0.15, 0.2) is 0 Å². The highest BCUT2D eigenvalue weighted by Crippen LogP contribution is 2.25.